The molecule has 0 spiro atoms. The first-order valence-electron chi connectivity index (χ1n) is 6.93. The number of rotatable bonds is 5. The Bertz CT molecular complexity index is 622. The minimum atomic E-state index is -0.201. The summed E-state index contributed by atoms with van der Waals surface area (Å²) in [7, 11) is 0. The van der Waals surface area contributed by atoms with Crippen molar-refractivity contribution >= 4 is 12.2 Å². The van der Waals surface area contributed by atoms with Crippen molar-refractivity contribution in [1.29, 1.82) is 0 Å². The van der Waals surface area contributed by atoms with E-state index in [0.29, 0.717) is 11.2 Å². The van der Waals surface area contributed by atoms with E-state index in [1.165, 1.54) is 0 Å². The molecular formula is C16H20N2OS. The van der Waals surface area contributed by atoms with Crippen LogP contribution in [0.4, 0.5) is 0 Å². The van der Waals surface area contributed by atoms with Gasteiger partial charge in [-0.3, -0.25) is 0 Å². The molecule has 0 radical (unpaired) electrons. The molecular weight excluding hydrogens is 268 g/mol. The van der Waals surface area contributed by atoms with E-state index in [-0.39, 0.29) is 6.10 Å². The van der Waals surface area contributed by atoms with Crippen LogP contribution in [0.3, 0.4) is 0 Å². The molecule has 1 unspecified atom stereocenters. The van der Waals surface area contributed by atoms with Gasteiger partial charge in [-0.15, -0.1) is 0 Å². The van der Waals surface area contributed by atoms with Crippen molar-refractivity contribution in [1.82, 2.24) is 9.97 Å². The third-order valence-corrected chi connectivity index (χ3v) is 3.62. The largest absolute Gasteiger partial charge is 0.366 e. The van der Waals surface area contributed by atoms with Gasteiger partial charge in [-0.1, -0.05) is 49.5 Å². The summed E-state index contributed by atoms with van der Waals surface area (Å²) in [4.78, 5) is 7.88. The van der Waals surface area contributed by atoms with E-state index >= 15 is 0 Å². The molecule has 0 saturated carbocycles. The molecule has 1 heterocycles. The second-order valence-corrected chi connectivity index (χ2v) is 5.02. The highest BCUT2D eigenvalue weighted by Crippen LogP contribution is 2.24. The summed E-state index contributed by atoms with van der Waals surface area (Å²) < 4.78 is 6.52. The number of aromatic nitrogens is 2. The molecule has 1 N–H and O–H groups in total. The van der Waals surface area contributed by atoms with Crippen LogP contribution < -0.4 is 0 Å². The van der Waals surface area contributed by atoms with E-state index in [1.807, 2.05) is 44.2 Å². The van der Waals surface area contributed by atoms with Crippen LogP contribution in [0.15, 0.2) is 30.3 Å². The lowest BCUT2D eigenvalue weighted by molar-refractivity contribution is 0.0849. The van der Waals surface area contributed by atoms with E-state index in [9.17, 15) is 0 Å². The normalized spacial score (nSPS) is 12.3. The van der Waals surface area contributed by atoms with Crippen LogP contribution in [-0.2, 0) is 11.2 Å². The fraction of sp³-hybridized carbons (Fsp3) is 0.375. The van der Waals surface area contributed by atoms with Crippen LogP contribution in [-0.4, -0.2) is 16.6 Å². The van der Waals surface area contributed by atoms with Crippen LogP contribution in [0, 0.1) is 11.6 Å². The van der Waals surface area contributed by atoms with Gasteiger partial charge in [0.15, 0.2) is 0 Å². The van der Waals surface area contributed by atoms with E-state index in [0.717, 1.165) is 29.1 Å². The molecule has 0 amide bonds. The Kier molecular flexibility index (Phi) is 5.04. The minimum absolute atomic E-state index is 0.201. The summed E-state index contributed by atoms with van der Waals surface area (Å²) in [5.74, 6) is 0.776. The number of H-pyrrole nitrogens is 1. The second kappa shape index (κ2) is 6.77. The first kappa shape index (κ1) is 14.9. The van der Waals surface area contributed by atoms with Crippen molar-refractivity contribution in [3.8, 4) is 0 Å². The molecule has 1 atom stereocenters. The molecule has 2 aromatic rings. The minimum Gasteiger partial charge on any atom is -0.366 e. The third-order valence-electron chi connectivity index (χ3n) is 3.29. The molecule has 1 aromatic heterocycles. The quantitative estimate of drug-likeness (QED) is 0.840. The summed E-state index contributed by atoms with van der Waals surface area (Å²) in [6.07, 6.45) is 0.687. The lowest BCUT2D eigenvalue weighted by Crippen LogP contribution is -2.12. The summed E-state index contributed by atoms with van der Waals surface area (Å²) >= 11 is 5.39. The van der Waals surface area contributed by atoms with Crippen molar-refractivity contribution in [3.63, 3.8) is 0 Å². The van der Waals surface area contributed by atoms with Gasteiger partial charge in [-0.25, -0.2) is 4.98 Å². The fourth-order valence-corrected chi connectivity index (χ4v) is 2.70. The Hall–Kier alpha value is -1.52. The number of aryl methyl sites for hydroxylation is 1. The Morgan fingerprint density at radius 3 is 2.50 bits per heavy atom. The molecule has 2 rings (SSSR count). The zero-order valence-corrected chi connectivity index (χ0v) is 13.0. The molecule has 0 aliphatic heterocycles. The highest BCUT2D eigenvalue weighted by atomic mass is 32.1. The van der Waals surface area contributed by atoms with E-state index < -0.39 is 0 Å². The summed E-state index contributed by atoms with van der Waals surface area (Å²) in [5.41, 5.74) is 3.26. The van der Waals surface area contributed by atoms with E-state index in [1.54, 1.807) is 0 Å². The molecule has 1 aromatic carbocycles. The predicted octanol–water partition coefficient (Wildman–Crippen LogP) is 4.14. The maximum absolute atomic E-state index is 5.86. The summed E-state index contributed by atoms with van der Waals surface area (Å²) in [6, 6.07) is 10.1. The van der Waals surface area contributed by atoms with Crippen molar-refractivity contribution in [2.75, 3.05) is 6.61 Å². The van der Waals surface area contributed by atoms with Gasteiger partial charge in [-0.2, -0.15) is 0 Å². The number of nitrogens with one attached hydrogen (secondary N) is 1. The topological polar surface area (TPSA) is 37.9 Å². The molecule has 0 aliphatic carbocycles. The fourth-order valence-electron chi connectivity index (χ4n) is 2.30. The number of benzene rings is 1. The van der Waals surface area contributed by atoms with Crippen molar-refractivity contribution in [2.24, 2.45) is 0 Å². The van der Waals surface area contributed by atoms with Crippen molar-refractivity contribution < 1.29 is 4.74 Å². The lowest BCUT2D eigenvalue weighted by atomic mass is 10.1. The Balaban J connectivity index is 2.48. The number of hydrogen-bond donors (Lipinski definition) is 1. The maximum atomic E-state index is 5.86. The van der Waals surface area contributed by atoms with E-state index in [4.69, 9.17) is 17.0 Å². The van der Waals surface area contributed by atoms with Gasteiger partial charge in [0.1, 0.15) is 16.6 Å². The summed E-state index contributed by atoms with van der Waals surface area (Å²) in [6.45, 7) is 6.73. The Morgan fingerprint density at radius 1 is 1.25 bits per heavy atom. The van der Waals surface area contributed by atoms with Gasteiger partial charge in [0.25, 0.3) is 0 Å². The van der Waals surface area contributed by atoms with Crippen molar-refractivity contribution in [3.05, 3.63) is 57.6 Å². The lowest BCUT2D eigenvalue weighted by Gasteiger charge is -2.18. The monoisotopic (exact) mass is 288 g/mol. The zero-order chi connectivity index (χ0) is 14.5. The summed E-state index contributed by atoms with van der Waals surface area (Å²) in [5, 5.41) is 0. The standard InChI is InChI=1S/C16H20N2OS/c1-4-13-11(3)17-15(18-16(13)20)14(19-5-2)12-9-7-6-8-10-12/h6-10,14H,4-5H2,1-3H3,(H,17,18,20). The third kappa shape index (κ3) is 3.14. The average Bonchev–Trinajstić information content (AvgIpc) is 2.45. The molecule has 3 nitrogen and oxygen atoms in total. The van der Waals surface area contributed by atoms with Crippen LogP contribution in [0.1, 0.15) is 42.6 Å². The molecule has 0 aliphatic rings. The molecule has 106 valence electrons. The molecule has 4 heteroatoms. The first-order valence-corrected chi connectivity index (χ1v) is 7.34. The smallest absolute Gasteiger partial charge is 0.141 e. The highest BCUT2D eigenvalue weighted by molar-refractivity contribution is 7.71. The average molecular weight is 288 g/mol. The number of hydrogen-bond acceptors (Lipinski definition) is 3. The maximum Gasteiger partial charge on any atom is 0.141 e. The zero-order valence-electron chi connectivity index (χ0n) is 12.1. The van der Waals surface area contributed by atoms with Crippen LogP contribution in [0.25, 0.3) is 0 Å². The van der Waals surface area contributed by atoms with Gasteiger partial charge in [-0.05, 0) is 25.8 Å². The van der Waals surface area contributed by atoms with Gasteiger partial charge >= 0.3 is 0 Å². The van der Waals surface area contributed by atoms with E-state index in [2.05, 4.69) is 16.9 Å². The van der Waals surface area contributed by atoms with Crippen LogP contribution >= 0.6 is 12.2 Å². The number of nitrogens with zero attached hydrogens (tertiary/aromatic N) is 1. The van der Waals surface area contributed by atoms with Gasteiger partial charge in [0.2, 0.25) is 0 Å². The molecule has 0 bridgehead atoms. The van der Waals surface area contributed by atoms with Crippen LogP contribution in [0.2, 0.25) is 0 Å². The Morgan fingerprint density at radius 2 is 1.95 bits per heavy atom. The van der Waals surface area contributed by atoms with Gasteiger partial charge < -0.3 is 9.72 Å². The van der Waals surface area contributed by atoms with Gasteiger partial charge in [0, 0.05) is 17.9 Å². The molecule has 0 saturated heterocycles. The predicted molar refractivity (Wildman–Crippen MR) is 83.4 cm³/mol. The number of aromatic amines is 1. The van der Waals surface area contributed by atoms with Crippen LogP contribution in [0.5, 0.6) is 0 Å². The first-order chi connectivity index (χ1) is 9.67. The van der Waals surface area contributed by atoms with Crippen molar-refractivity contribution in [2.45, 2.75) is 33.3 Å². The molecule has 0 fully saturated rings. The molecule has 20 heavy (non-hydrogen) atoms. The van der Waals surface area contributed by atoms with Gasteiger partial charge in [0.05, 0.1) is 0 Å². The number of ether oxygens (including phenoxy) is 1. The Labute approximate surface area is 125 Å². The highest BCUT2D eigenvalue weighted by Gasteiger charge is 2.17. The SMILES string of the molecule is CCOC(c1ccccc1)c1nc(=S)c(CC)c(C)[nH]1. The second-order valence-electron chi connectivity index (χ2n) is 4.63.